The molecule has 1 saturated heterocycles. The fourth-order valence-electron chi connectivity index (χ4n) is 2.62. The van der Waals surface area contributed by atoms with Gasteiger partial charge in [0, 0.05) is 43.3 Å². The fraction of sp³-hybridized carbons (Fsp3) is 0.500. The molecule has 22 heavy (non-hydrogen) atoms. The molecule has 1 aliphatic heterocycles. The van der Waals surface area contributed by atoms with Crippen molar-refractivity contribution in [1.29, 1.82) is 0 Å². The SMILES string of the molecule is Cc1cc(Br)ccc1NC(=O)C1CCN(C(=O)N(C)C)CC1. The van der Waals surface area contributed by atoms with E-state index in [2.05, 4.69) is 21.2 Å². The quantitative estimate of drug-likeness (QED) is 0.872. The Morgan fingerprint density at radius 2 is 1.91 bits per heavy atom. The van der Waals surface area contributed by atoms with Crippen LogP contribution in [0, 0.1) is 12.8 Å². The minimum atomic E-state index is -0.0331. The molecule has 3 amide bonds. The zero-order valence-corrected chi connectivity index (χ0v) is 14.8. The monoisotopic (exact) mass is 367 g/mol. The fourth-order valence-corrected chi connectivity index (χ4v) is 3.09. The number of hydrogen-bond acceptors (Lipinski definition) is 2. The number of urea groups is 1. The standard InChI is InChI=1S/C16H22BrN3O2/c1-11-10-13(17)4-5-14(11)18-15(21)12-6-8-20(9-7-12)16(22)19(2)3/h4-5,10,12H,6-9H2,1-3H3,(H,18,21). The molecule has 0 bridgehead atoms. The van der Waals surface area contributed by atoms with E-state index in [9.17, 15) is 9.59 Å². The molecule has 1 N–H and O–H groups in total. The van der Waals surface area contributed by atoms with Gasteiger partial charge in [-0.05, 0) is 43.5 Å². The average molecular weight is 368 g/mol. The number of rotatable bonds is 2. The molecule has 0 aliphatic carbocycles. The lowest BCUT2D eigenvalue weighted by Crippen LogP contribution is -2.45. The third-order valence-corrected chi connectivity index (χ3v) is 4.46. The van der Waals surface area contributed by atoms with Crippen molar-refractivity contribution < 1.29 is 9.59 Å². The first-order valence-corrected chi connectivity index (χ1v) is 8.21. The largest absolute Gasteiger partial charge is 0.331 e. The Kier molecular flexibility index (Phi) is 5.45. The van der Waals surface area contributed by atoms with Crippen LogP contribution in [0.2, 0.25) is 0 Å². The summed E-state index contributed by atoms with van der Waals surface area (Å²) in [7, 11) is 3.49. The van der Waals surface area contributed by atoms with Crippen LogP contribution in [0.5, 0.6) is 0 Å². The van der Waals surface area contributed by atoms with Crippen molar-refractivity contribution in [2.24, 2.45) is 5.92 Å². The van der Waals surface area contributed by atoms with Gasteiger partial charge in [0.05, 0.1) is 0 Å². The van der Waals surface area contributed by atoms with Crippen LogP contribution in [0.4, 0.5) is 10.5 Å². The molecule has 1 aromatic rings. The molecule has 1 fully saturated rings. The van der Waals surface area contributed by atoms with E-state index >= 15 is 0 Å². The highest BCUT2D eigenvalue weighted by Crippen LogP contribution is 2.23. The van der Waals surface area contributed by atoms with Gasteiger partial charge in [-0.3, -0.25) is 4.79 Å². The van der Waals surface area contributed by atoms with Crippen molar-refractivity contribution in [2.75, 3.05) is 32.5 Å². The van der Waals surface area contributed by atoms with Crippen LogP contribution in [-0.2, 0) is 4.79 Å². The summed E-state index contributed by atoms with van der Waals surface area (Å²) < 4.78 is 0.999. The van der Waals surface area contributed by atoms with Crippen LogP contribution in [0.3, 0.4) is 0 Å². The lowest BCUT2D eigenvalue weighted by atomic mass is 9.96. The van der Waals surface area contributed by atoms with Gasteiger partial charge in [-0.25, -0.2) is 4.79 Å². The van der Waals surface area contributed by atoms with E-state index < -0.39 is 0 Å². The summed E-state index contributed by atoms with van der Waals surface area (Å²) in [6.45, 7) is 3.24. The van der Waals surface area contributed by atoms with Gasteiger partial charge in [0.15, 0.2) is 0 Å². The molecular formula is C16H22BrN3O2. The predicted molar refractivity (Wildman–Crippen MR) is 90.9 cm³/mol. The molecule has 2 rings (SSSR count). The topological polar surface area (TPSA) is 52.7 Å². The molecule has 5 nitrogen and oxygen atoms in total. The lowest BCUT2D eigenvalue weighted by Gasteiger charge is -2.33. The molecule has 0 unspecified atom stereocenters. The Morgan fingerprint density at radius 1 is 1.27 bits per heavy atom. The molecule has 120 valence electrons. The second-order valence-electron chi connectivity index (χ2n) is 5.89. The highest BCUT2D eigenvalue weighted by Gasteiger charge is 2.28. The Morgan fingerprint density at radius 3 is 2.45 bits per heavy atom. The van der Waals surface area contributed by atoms with E-state index in [0.29, 0.717) is 25.9 Å². The van der Waals surface area contributed by atoms with Crippen molar-refractivity contribution >= 4 is 33.6 Å². The maximum Gasteiger partial charge on any atom is 0.319 e. The zero-order chi connectivity index (χ0) is 16.3. The van der Waals surface area contributed by atoms with E-state index in [1.165, 1.54) is 0 Å². The van der Waals surface area contributed by atoms with Crippen molar-refractivity contribution in [1.82, 2.24) is 9.80 Å². The van der Waals surface area contributed by atoms with Gasteiger partial charge in [0.2, 0.25) is 5.91 Å². The number of likely N-dealkylation sites (tertiary alicyclic amines) is 1. The second-order valence-corrected chi connectivity index (χ2v) is 6.80. The molecule has 1 aromatic carbocycles. The number of amides is 3. The average Bonchev–Trinajstić information content (AvgIpc) is 2.49. The number of aryl methyl sites for hydroxylation is 1. The minimum absolute atomic E-state index is 0.0163. The van der Waals surface area contributed by atoms with Gasteiger partial charge in [0.1, 0.15) is 0 Å². The number of anilines is 1. The van der Waals surface area contributed by atoms with Crippen molar-refractivity contribution in [3.8, 4) is 0 Å². The summed E-state index contributed by atoms with van der Waals surface area (Å²) in [5, 5.41) is 3.00. The molecule has 0 aromatic heterocycles. The number of nitrogens with one attached hydrogen (secondary N) is 1. The molecule has 0 atom stereocenters. The molecule has 1 heterocycles. The predicted octanol–water partition coefficient (Wildman–Crippen LogP) is 3.09. The number of piperidine rings is 1. The van der Waals surface area contributed by atoms with Crippen LogP contribution in [0.25, 0.3) is 0 Å². The Hall–Kier alpha value is -1.56. The third-order valence-electron chi connectivity index (χ3n) is 3.97. The van der Waals surface area contributed by atoms with E-state index in [1.54, 1.807) is 23.9 Å². The van der Waals surface area contributed by atoms with Crippen LogP contribution in [0.1, 0.15) is 18.4 Å². The smallest absolute Gasteiger partial charge is 0.319 e. The van der Waals surface area contributed by atoms with E-state index in [0.717, 1.165) is 15.7 Å². The highest BCUT2D eigenvalue weighted by molar-refractivity contribution is 9.10. The van der Waals surface area contributed by atoms with Crippen LogP contribution in [-0.4, -0.2) is 48.9 Å². The van der Waals surface area contributed by atoms with Gasteiger partial charge in [0.25, 0.3) is 0 Å². The van der Waals surface area contributed by atoms with Crippen LogP contribution in [0.15, 0.2) is 22.7 Å². The summed E-state index contributed by atoms with van der Waals surface area (Å²) in [6, 6.07) is 5.82. The van der Waals surface area contributed by atoms with Gasteiger partial charge in [-0.2, -0.15) is 0 Å². The first kappa shape index (κ1) is 16.8. The van der Waals surface area contributed by atoms with Crippen molar-refractivity contribution in [2.45, 2.75) is 19.8 Å². The first-order valence-electron chi connectivity index (χ1n) is 7.41. The number of benzene rings is 1. The highest BCUT2D eigenvalue weighted by atomic mass is 79.9. The minimum Gasteiger partial charge on any atom is -0.331 e. The Labute approximate surface area is 139 Å². The van der Waals surface area contributed by atoms with Crippen molar-refractivity contribution in [3.05, 3.63) is 28.2 Å². The number of halogens is 1. The van der Waals surface area contributed by atoms with Crippen LogP contribution < -0.4 is 5.32 Å². The maximum absolute atomic E-state index is 12.4. The first-order chi connectivity index (χ1) is 10.4. The summed E-state index contributed by atoms with van der Waals surface area (Å²) in [6.07, 6.45) is 1.42. The molecule has 0 spiro atoms. The Bertz CT molecular complexity index is 567. The molecule has 0 saturated carbocycles. The van der Waals surface area contributed by atoms with Crippen LogP contribution >= 0.6 is 15.9 Å². The summed E-state index contributed by atoms with van der Waals surface area (Å²) >= 11 is 3.42. The number of carbonyl (C=O) groups is 2. The number of hydrogen-bond donors (Lipinski definition) is 1. The molecule has 1 aliphatic rings. The van der Waals surface area contributed by atoms with Gasteiger partial charge < -0.3 is 15.1 Å². The molecule has 6 heteroatoms. The van der Waals surface area contributed by atoms with E-state index in [1.807, 2.05) is 25.1 Å². The lowest BCUT2D eigenvalue weighted by molar-refractivity contribution is -0.121. The zero-order valence-electron chi connectivity index (χ0n) is 13.2. The third kappa shape index (κ3) is 4.00. The van der Waals surface area contributed by atoms with Gasteiger partial charge in [-0.15, -0.1) is 0 Å². The van der Waals surface area contributed by atoms with E-state index in [-0.39, 0.29) is 17.9 Å². The molecular weight excluding hydrogens is 346 g/mol. The number of carbonyl (C=O) groups excluding carboxylic acids is 2. The Balaban J connectivity index is 1.91. The molecule has 0 radical (unpaired) electrons. The summed E-state index contributed by atoms with van der Waals surface area (Å²) in [5.41, 5.74) is 1.88. The number of nitrogens with zero attached hydrogens (tertiary/aromatic N) is 2. The summed E-state index contributed by atoms with van der Waals surface area (Å²) in [5.74, 6) is 0.0108. The van der Waals surface area contributed by atoms with Gasteiger partial charge in [-0.1, -0.05) is 15.9 Å². The van der Waals surface area contributed by atoms with Crippen molar-refractivity contribution in [3.63, 3.8) is 0 Å². The normalized spacial score (nSPS) is 15.5. The summed E-state index contributed by atoms with van der Waals surface area (Å²) in [4.78, 5) is 27.6. The van der Waals surface area contributed by atoms with Gasteiger partial charge >= 0.3 is 6.03 Å². The second kappa shape index (κ2) is 7.13. The maximum atomic E-state index is 12.4. The van der Waals surface area contributed by atoms with E-state index in [4.69, 9.17) is 0 Å².